The number of rotatable bonds is 7. The van der Waals surface area contributed by atoms with Gasteiger partial charge in [0.05, 0.1) is 12.8 Å². The molecule has 0 fully saturated rings. The molecule has 2 aromatic rings. The highest BCUT2D eigenvalue weighted by Crippen LogP contribution is 2.19. The van der Waals surface area contributed by atoms with E-state index in [1.54, 1.807) is 25.3 Å². The maximum atomic E-state index is 11.8. The summed E-state index contributed by atoms with van der Waals surface area (Å²) in [4.78, 5) is 11.8. The number of amides is 2. The number of nitrogens with one attached hydrogen (secondary N) is 2. The molecule has 7 nitrogen and oxygen atoms in total. The van der Waals surface area contributed by atoms with E-state index >= 15 is 0 Å². The first-order valence-corrected chi connectivity index (χ1v) is 7.23. The SMILES string of the molecule is CC(CNC(=O)NCC(C)(O)c1ccco1)Cn1cccn1. The second kappa shape index (κ2) is 7.13. The maximum absolute atomic E-state index is 11.8. The van der Waals surface area contributed by atoms with E-state index < -0.39 is 5.60 Å². The fourth-order valence-electron chi connectivity index (χ4n) is 2.05. The van der Waals surface area contributed by atoms with Crippen LogP contribution in [-0.2, 0) is 12.1 Å². The molecule has 0 aromatic carbocycles. The van der Waals surface area contributed by atoms with Crippen molar-refractivity contribution < 1.29 is 14.3 Å². The van der Waals surface area contributed by atoms with Gasteiger partial charge in [0, 0.05) is 25.5 Å². The van der Waals surface area contributed by atoms with Crippen molar-refractivity contribution >= 4 is 6.03 Å². The zero-order valence-electron chi connectivity index (χ0n) is 12.8. The summed E-state index contributed by atoms with van der Waals surface area (Å²) in [7, 11) is 0. The third kappa shape index (κ3) is 4.63. The summed E-state index contributed by atoms with van der Waals surface area (Å²) in [6.45, 7) is 4.94. The van der Waals surface area contributed by atoms with Crippen LogP contribution in [0, 0.1) is 5.92 Å². The van der Waals surface area contributed by atoms with Crippen LogP contribution >= 0.6 is 0 Å². The van der Waals surface area contributed by atoms with Crippen LogP contribution in [0.3, 0.4) is 0 Å². The van der Waals surface area contributed by atoms with Gasteiger partial charge >= 0.3 is 6.03 Å². The van der Waals surface area contributed by atoms with Crippen LogP contribution in [0.5, 0.6) is 0 Å². The Morgan fingerprint density at radius 3 is 2.95 bits per heavy atom. The zero-order chi connectivity index (χ0) is 16.0. The third-order valence-corrected chi connectivity index (χ3v) is 3.31. The van der Waals surface area contributed by atoms with Crippen LogP contribution in [0.4, 0.5) is 4.79 Å². The van der Waals surface area contributed by atoms with Crippen LogP contribution in [0.25, 0.3) is 0 Å². The van der Waals surface area contributed by atoms with Gasteiger partial charge in [-0.3, -0.25) is 4.68 Å². The standard InChI is InChI=1S/C15H22N4O3/c1-12(10-19-7-4-6-18-19)9-16-14(20)17-11-15(2,21)13-5-3-8-22-13/h3-8,12,21H,9-11H2,1-2H3,(H2,16,17,20). The molecule has 0 saturated carbocycles. The molecule has 0 aliphatic carbocycles. The van der Waals surface area contributed by atoms with Crippen LogP contribution < -0.4 is 10.6 Å². The predicted octanol–water partition coefficient (Wildman–Crippen LogP) is 1.32. The lowest BCUT2D eigenvalue weighted by Crippen LogP contribution is -2.44. The molecule has 120 valence electrons. The zero-order valence-corrected chi connectivity index (χ0v) is 12.8. The van der Waals surface area contributed by atoms with Gasteiger partial charge in [-0.25, -0.2) is 4.79 Å². The lowest BCUT2D eigenvalue weighted by atomic mass is 10.0. The van der Waals surface area contributed by atoms with Gasteiger partial charge in [0.2, 0.25) is 0 Å². The number of nitrogens with zero attached hydrogens (tertiary/aromatic N) is 2. The second-order valence-electron chi connectivity index (χ2n) is 5.65. The summed E-state index contributed by atoms with van der Waals surface area (Å²) < 4.78 is 6.98. The molecule has 0 aliphatic heterocycles. The molecule has 2 unspecified atom stereocenters. The fourth-order valence-corrected chi connectivity index (χ4v) is 2.05. The molecule has 2 rings (SSSR count). The molecular formula is C15H22N4O3. The van der Waals surface area contributed by atoms with Gasteiger partial charge < -0.3 is 20.2 Å². The van der Waals surface area contributed by atoms with Crippen molar-refractivity contribution in [2.75, 3.05) is 13.1 Å². The van der Waals surface area contributed by atoms with E-state index in [2.05, 4.69) is 15.7 Å². The van der Waals surface area contributed by atoms with Gasteiger partial charge in [-0.15, -0.1) is 0 Å². The van der Waals surface area contributed by atoms with Gasteiger partial charge in [0.25, 0.3) is 0 Å². The van der Waals surface area contributed by atoms with Gasteiger partial charge in [-0.2, -0.15) is 5.10 Å². The Labute approximate surface area is 129 Å². The highest BCUT2D eigenvalue weighted by atomic mass is 16.4. The van der Waals surface area contributed by atoms with E-state index in [1.807, 2.05) is 23.9 Å². The van der Waals surface area contributed by atoms with Crippen molar-refractivity contribution in [1.82, 2.24) is 20.4 Å². The number of carbonyl (C=O) groups excluding carboxylic acids is 1. The molecule has 7 heteroatoms. The largest absolute Gasteiger partial charge is 0.466 e. The summed E-state index contributed by atoms with van der Waals surface area (Å²) in [6, 6.07) is 4.91. The van der Waals surface area contributed by atoms with Crippen molar-refractivity contribution in [2.24, 2.45) is 5.92 Å². The van der Waals surface area contributed by atoms with Crippen molar-refractivity contribution in [3.05, 3.63) is 42.6 Å². The van der Waals surface area contributed by atoms with Crippen molar-refractivity contribution in [3.63, 3.8) is 0 Å². The maximum Gasteiger partial charge on any atom is 0.314 e. The molecule has 22 heavy (non-hydrogen) atoms. The average molecular weight is 306 g/mol. The van der Waals surface area contributed by atoms with E-state index in [-0.39, 0.29) is 18.5 Å². The minimum atomic E-state index is -1.23. The molecule has 2 amide bonds. The molecule has 0 saturated heterocycles. The van der Waals surface area contributed by atoms with E-state index in [4.69, 9.17) is 4.42 Å². The van der Waals surface area contributed by atoms with Gasteiger partial charge in [-0.1, -0.05) is 6.92 Å². The van der Waals surface area contributed by atoms with Gasteiger partial charge in [0.1, 0.15) is 11.4 Å². The lowest BCUT2D eigenvalue weighted by molar-refractivity contribution is 0.0367. The topological polar surface area (TPSA) is 92.3 Å². The molecule has 0 bridgehead atoms. The summed E-state index contributed by atoms with van der Waals surface area (Å²) in [5.74, 6) is 0.663. The number of aromatic nitrogens is 2. The molecule has 3 N–H and O–H groups in total. The smallest absolute Gasteiger partial charge is 0.314 e. The average Bonchev–Trinajstić information content (AvgIpc) is 3.16. The Balaban J connectivity index is 1.69. The minimum Gasteiger partial charge on any atom is -0.466 e. The summed E-state index contributed by atoms with van der Waals surface area (Å²) >= 11 is 0. The van der Waals surface area contributed by atoms with E-state index in [1.165, 1.54) is 6.26 Å². The number of hydrogen-bond donors (Lipinski definition) is 3. The number of urea groups is 1. The number of furan rings is 1. The monoisotopic (exact) mass is 306 g/mol. The molecular weight excluding hydrogens is 284 g/mol. The first kappa shape index (κ1) is 16.1. The van der Waals surface area contributed by atoms with Crippen LogP contribution in [0.15, 0.2) is 41.3 Å². The molecule has 2 atom stereocenters. The fraction of sp³-hybridized carbons (Fsp3) is 0.467. The Kier molecular flexibility index (Phi) is 5.21. The Morgan fingerprint density at radius 1 is 1.50 bits per heavy atom. The van der Waals surface area contributed by atoms with Crippen LogP contribution in [0.2, 0.25) is 0 Å². The molecule has 2 aromatic heterocycles. The van der Waals surface area contributed by atoms with Crippen LogP contribution in [0.1, 0.15) is 19.6 Å². The minimum absolute atomic E-state index is 0.0693. The quantitative estimate of drug-likeness (QED) is 0.719. The number of aliphatic hydroxyl groups is 1. The Hall–Kier alpha value is -2.28. The molecule has 0 radical (unpaired) electrons. The van der Waals surface area contributed by atoms with Gasteiger partial charge in [-0.05, 0) is 31.0 Å². The Bertz CT molecular complexity index is 564. The highest BCUT2D eigenvalue weighted by Gasteiger charge is 2.26. The Morgan fingerprint density at radius 2 is 2.32 bits per heavy atom. The van der Waals surface area contributed by atoms with E-state index in [9.17, 15) is 9.90 Å². The number of carbonyl (C=O) groups is 1. The second-order valence-corrected chi connectivity index (χ2v) is 5.65. The molecule has 0 spiro atoms. The van der Waals surface area contributed by atoms with E-state index in [0.717, 1.165) is 6.54 Å². The van der Waals surface area contributed by atoms with Crippen molar-refractivity contribution in [3.8, 4) is 0 Å². The van der Waals surface area contributed by atoms with E-state index in [0.29, 0.717) is 12.3 Å². The van der Waals surface area contributed by atoms with Crippen molar-refractivity contribution in [2.45, 2.75) is 26.0 Å². The highest BCUT2D eigenvalue weighted by molar-refractivity contribution is 5.73. The molecule has 0 aliphatic rings. The third-order valence-electron chi connectivity index (χ3n) is 3.31. The number of hydrogen-bond acceptors (Lipinski definition) is 4. The van der Waals surface area contributed by atoms with Crippen LogP contribution in [-0.4, -0.2) is 34.0 Å². The summed E-state index contributed by atoms with van der Waals surface area (Å²) in [5.41, 5.74) is -1.23. The van der Waals surface area contributed by atoms with Gasteiger partial charge in [0.15, 0.2) is 0 Å². The molecule has 2 heterocycles. The van der Waals surface area contributed by atoms with Crippen molar-refractivity contribution in [1.29, 1.82) is 0 Å². The lowest BCUT2D eigenvalue weighted by Gasteiger charge is -2.21. The first-order valence-electron chi connectivity index (χ1n) is 7.23. The summed E-state index contributed by atoms with van der Waals surface area (Å²) in [6.07, 6.45) is 5.10. The first-order chi connectivity index (χ1) is 10.5. The normalized spacial score (nSPS) is 15.0. The predicted molar refractivity (Wildman–Crippen MR) is 81.1 cm³/mol. The summed E-state index contributed by atoms with van der Waals surface area (Å²) in [5, 5.41) is 19.8.